The lowest BCUT2D eigenvalue weighted by Crippen LogP contribution is -2.59. The Morgan fingerprint density at radius 3 is 2.59 bits per heavy atom. The van der Waals surface area contributed by atoms with Crippen molar-refractivity contribution in [1.29, 1.82) is 0 Å². The van der Waals surface area contributed by atoms with E-state index in [0.717, 1.165) is 0 Å². The number of rotatable bonds is 8. The van der Waals surface area contributed by atoms with Crippen molar-refractivity contribution < 1.29 is 34.7 Å². The Balaban J connectivity index is 2.24. The van der Waals surface area contributed by atoms with Gasteiger partial charge in [-0.15, -0.1) is 6.42 Å². The minimum atomic E-state index is -1.45. The standard InChI is InChI=1S/C14H23NO7/c1-2-6-15-10(17)5-3-4-7-21-14-13(20)12(19)11(18)9(8-16)22-14/h1,9,11-14,16,18-20H,3-8H2,(H,15,17)/t9?,11-,12?,13?,14+/m1/s1. The summed E-state index contributed by atoms with van der Waals surface area (Å²) >= 11 is 0. The third kappa shape index (κ3) is 5.53. The summed E-state index contributed by atoms with van der Waals surface area (Å²) in [5, 5.41) is 40.5. The number of amides is 1. The Morgan fingerprint density at radius 2 is 1.95 bits per heavy atom. The maximum absolute atomic E-state index is 11.3. The Hall–Kier alpha value is -1.21. The molecular weight excluding hydrogens is 294 g/mol. The molecule has 1 heterocycles. The van der Waals surface area contributed by atoms with Crippen molar-refractivity contribution in [2.45, 2.75) is 50.0 Å². The van der Waals surface area contributed by atoms with Crippen molar-refractivity contribution in [2.24, 2.45) is 0 Å². The second-order valence-corrected chi connectivity index (χ2v) is 5.01. The molecule has 1 fully saturated rings. The average Bonchev–Trinajstić information content (AvgIpc) is 2.52. The first-order valence-corrected chi connectivity index (χ1v) is 7.13. The maximum Gasteiger partial charge on any atom is 0.220 e. The smallest absolute Gasteiger partial charge is 0.220 e. The van der Waals surface area contributed by atoms with E-state index in [-0.39, 0.29) is 19.1 Å². The molecule has 0 bridgehead atoms. The van der Waals surface area contributed by atoms with E-state index < -0.39 is 37.3 Å². The van der Waals surface area contributed by atoms with Gasteiger partial charge in [0.25, 0.3) is 0 Å². The fraction of sp³-hybridized carbons (Fsp3) is 0.786. The van der Waals surface area contributed by atoms with Gasteiger partial charge in [0.15, 0.2) is 6.29 Å². The molecular formula is C14H23NO7. The summed E-state index contributed by atoms with van der Waals surface area (Å²) in [7, 11) is 0. The second kappa shape index (κ2) is 9.74. The van der Waals surface area contributed by atoms with Crippen LogP contribution in [-0.4, -0.2) is 76.8 Å². The van der Waals surface area contributed by atoms with Crippen LogP contribution in [-0.2, 0) is 14.3 Å². The summed E-state index contributed by atoms with van der Waals surface area (Å²) < 4.78 is 10.5. The molecule has 8 nitrogen and oxygen atoms in total. The van der Waals surface area contributed by atoms with Gasteiger partial charge in [-0.1, -0.05) is 5.92 Å². The lowest BCUT2D eigenvalue weighted by atomic mass is 9.99. The fourth-order valence-corrected chi connectivity index (χ4v) is 2.03. The zero-order valence-electron chi connectivity index (χ0n) is 12.2. The van der Waals surface area contributed by atoms with Crippen LogP contribution >= 0.6 is 0 Å². The van der Waals surface area contributed by atoms with E-state index in [2.05, 4.69) is 11.2 Å². The van der Waals surface area contributed by atoms with Crippen molar-refractivity contribution in [2.75, 3.05) is 19.8 Å². The molecule has 1 rings (SSSR count). The molecule has 126 valence electrons. The quantitative estimate of drug-likeness (QED) is 0.252. The number of aliphatic hydroxyl groups is 4. The summed E-state index contributed by atoms with van der Waals surface area (Å²) in [6.45, 7) is -0.106. The van der Waals surface area contributed by atoms with Crippen LogP contribution in [0.2, 0.25) is 0 Å². The number of carbonyl (C=O) groups excluding carboxylic acids is 1. The highest BCUT2D eigenvalue weighted by Crippen LogP contribution is 2.22. The number of aliphatic hydroxyl groups excluding tert-OH is 4. The van der Waals surface area contributed by atoms with E-state index in [1.807, 2.05) is 0 Å². The van der Waals surface area contributed by atoms with Crippen molar-refractivity contribution in [3.63, 3.8) is 0 Å². The van der Waals surface area contributed by atoms with Gasteiger partial charge >= 0.3 is 0 Å². The lowest BCUT2D eigenvalue weighted by molar-refractivity contribution is -0.301. The largest absolute Gasteiger partial charge is 0.394 e. The van der Waals surface area contributed by atoms with Gasteiger partial charge in [0.1, 0.15) is 24.4 Å². The van der Waals surface area contributed by atoms with E-state index in [9.17, 15) is 20.1 Å². The van der Waals surface area contributed by atoms with Crippen LogP contribution in [0.4, 0.5) is 0 Å². The highest BCUT2D eigenvalue weighted by molar-refractivity contribution is 5.76. The van der Waals surface area contributed by atoms with E-state index in [1.54, 1.807) is 0 Å². The molecule has 5 N–H and O–H groups in total. The molecule has 1 aliphatic rings. The van der Waals surface area contributed by atoms with E-state index in [0.29, 0.717) is 19.3 Å². The van der Waals surface area contributed by atoms with Crippen LogP contribution in [0.15, 0.2) is 0 Å². The van der Waals surface area contributed by atoms with Gasteiger partial charge in [-0.2, -0.15) is 0 Å². The van der Waals surface area contributed by atoms with E-state index in [4.69, 9.17) is 21.0 Å². The summed E-state index contributed by atoms with van der Waals surface area (Å²) in [5.41, 5.74) is 0. The van der Waals surface area contributed by atoms with Gasteiger partial charge in [-0.05, 0) is 12.8 Å². The summed E-state index contributed by atoms with van der Waals surface area (Å²) in [4.78, 5) is 11.3. The first kappa shape index (κ1) is 18.8. The van der Waals surface area contributed by atoms with Crippen LogP contribution in [0.5, 0.6) is 0 Å². The summed E-state index contributed by atoms with van der Waals surface area (Å²) in [6.07, 6.45) is 0.0391. The molecule has 22 heavy (non-hydrogen) atoms. The minimum Gasteiger partial charge on any atom is -0.394 e. The fourth-order valence-electron chi connectivity index (χ4n) is 2.03. The lowest BCUT2D eigenvalue weighted by Gasteiger charge is -2.39. The van der Waals surface area contributed by atoms with Crippen molar-refractivity contribution in [1.82, 2.24) is 5.32 Å². The average molecular weight is 317 g/mol. The first-order valence-electron chi connectivity index (χ1n) is 7.13. The zero-order chi connectivity index (χ0) is 16.5. The molecule has 0 aliphatic carbocycles. The normalized spacial score (nSPS) is 31.5. The predicted molar refractivity (Wildman–Crippen MR) is 75.4 cm³/mol. The number of unbranched alkanes of at least 4 members (excludes halogenated alkanes) is 1. The molecule has 0 spiro atoms. The molecule has 3 unspecified atom stereocenters. The van der Waals surface area contributed by atoms with Crippen molar-refractivity contribution in [3.8, 4) is 12.3 Å². The van der Waals surface area contributed by atoms with Crippen molar-refractivity contribution >= 4 is 5.91 Å². The molecule has 1 aliphatic heterocycles. The predicted octanol–water partition coefficient (Wildman–Crippen LogP) is -2.28. The van der Waals surface area contributed by atoms with Gasteiger partial charge in [0.2, 0.25) is 5.91 Å². The van der Waals surface area contributed by atoms with Crippen LogP contribution in [0.3, 0.4) is 0 Å². The Morgan fingerprint density at radius 1 is 1.23 bits per heavy atom. The molecule has 5 atom stereocenters. The third-order valence-corrected chi connectivity index (χ3v) is 3.32. The van der Waals surface area contributed by atoms with E-state index in [1.165, 1.54) is 0 Å². The first-order chi connectivity index (χ1) is 10.5. The molecule has 0 aromatic rings. The Bertz CT molecular complexity index is 382. The third-order valence-electron chi connectivity index (χ3n) is 3.32. The molecule has 0 saturated carbocycles. The molecule has 0 aromatic carbocycles. The van der Waals surface area contributed by atoms with Crippen LogP contribution in [0.25, 0.3) is 0 Å². The van der Waals surface area contributed by atoms with Crippen LogP contribution in [0.1, 0.15) is 19.3 Å². The Kier molecular flexibility index (Phi) is 8.34. The molecule has 1 saturated heterocycles. The number of hydrogen-bond acceptors (Lipinski definition) is 7. The van der Waals surface area contributed by atoms with Gasteiger partial charge in [0.05, 0.1) is 13.2 Å². The monoisotopic (exact) mass is 317 g/mol. The van der Waals surface area contributed by atoms with Gasteiger partial charge < -0.3 is 35.2 Å². The number of terminal acetylenes is 1. The number of hydrogen-bond donors (Lipinski definition) is 5. The topological polar surface area (TPSA) is 128 Å². The maximum atomic E-state index is 11.3. The van der Waals surface area contributed by atoms with Gasteiger partial charge in [0, 0.05) is 13.0 Å². The summed E-state index contributed by atoms with van der Waals surface area (Å²) in [5.74, 6) is 2.15. The number of ether oxygens (including phenoxy) is 2. The highest BCUT2D eigenvalue weighted by Gasteiger charge is 2.43. The van der Waals surface area contributed by atoms with Gasteiger partial charge in [-0.3, -0.25) is 4.79 Å². The zero-order valence-corrected chi connectivity index (χ0v) is 12.2. The molecule has 0 aromatic heterocycles. The highest BCUT2D eigenvalue weighted by atomic mass is 16.7. The van der Waals surface area contributed by atoms with Gasteiger partial charge in [-0.25, -0.2) is 0 Å². The second-order valence-electron chi connectivity index (χ2n) is 5.01. The molecule has 8 heteroatoms. The van der Waals surface area contributed by atoms with E-state index >= 15 is 0 Å². The molecule has 1 amide bonds. The van der Waals surface area contributed by atoms with Crippen LogP contribution in [0, 0.1) is 12.3 Å². The number of nitrogens with one attached hydrogen (secondary N) is 1. The van der Waals surface area contributed by atoms with Crippen LogP contribution < -0.4 is 5.32 Å². The number of carbonyl (C=O) groups is 1. The summed E-state index contributed by atoms with van der Waals surface area (Å²) in [6, 6.07) is 0. The molecule has 0 radical (unpaired) electrons. The van der Waals surface area contributed by atoms with Crippen molar-refractivity contribution in [3.05, 3.63) is 0 Å². The Labute approximate surface area is 129 Å². The SMILES string of the molecule is C#CCNC(=O)CCCCO[C@H]1OC(CO)[C@@H](O)C(O)C1O. The minimum absolute atomic E-state index is 0.147.